The van der Waals surface area contributed by atoms with E-state index in [4.69, 9.17) is 21.4 Å². The van der Waals surface area contributed by atoms with E-state index in [9.17, 15) is 23.6 Å². The Morgan fingerprint density at radius 3 is 2.34 bits per heavy atom. The maximum atomic E-state index is 14.9. The fourth-order valence-corrected chi connectivity index (χ4v) is 13.4. The van der Waals surface area contributed by atoms with Crippen LogP contribution >= 0.6 is 11.6 Å². The number of likely N-dealkylation sites (tertiary alicyclic amines) is 2. The number of nitriles is 1. The molecule has 2 aromatic carbocycles. The van der Waals surface area contributed by atoms with Crippen molar-refractivity contribution in [3.05, 3.63) is 82.3 Å². The summed E-state index contributed by atoms with van der Waals surface area (Å²) in [7, 11) is 1.80. The van der Waals surface area contributed by atoms with Gasteiger partial charge in [-0.25, -0.2) is 8.78 Å². The summed E-state index contributed by atoms with van der Waals surface area (Å²) in [5.41, 5.74) is 3.66. The molecule has 1 saturated carbocycles. The second kappa shape index (κ2) is 20.5. The molecule has 18 heteroatoms. The van der Waals surface area contributed by atoms with Gasteiger partial charge in [-0.2, -0.15) is 15.5 Å². The van der Waals surface area contributed by atoms with Crippen LogP contribution in [-0.2, 0) is 18.3 Å². The summed E-state index contributed by atoms with van der Waals surface area (Å²) < 4.78 is 37.5. The van der Waals surface area contributed by atoms with Crippen LogP contribution in [0.1, 0.15) is 120 Å². The van der Waals surface area contributed by atoms with Crippen LogP contribution in [0, 0.1) is 34.0 Å². The number of amidine groups is 1. The predicted molar refractivity (Wildman–Crippen MR) is 278 cm³/mol. The Kier molecular flexibility index (Phi) is 14.2. The number of ether oxygens (including phenoxy) is 1. The molecule has 2 amide bonds. The highest BCUT2D eigenvalue weighted by molar-refractivity contribution is 6.31. The molecule has 3 saturated heterocycles. The van der Waals surface area contributed by atoms with E-state index in [1.165, 1.54) is 0 Å². The molecule has 10 rings (SSSR count). The summed E-state index contributed by atoms with van der Waals surface area (Å²) in [6.45, 7) is 17.5. The summed E-state index contributed by atoms with van der Waals surface area (Å²) in [4.78, 5) is 35.3. The Morgan fingerprint density at radius 2 is 1.70 bits per heavy atom. The van der Waals surface area contributed by atoms with Crippen molar-refractivity contribution in [2.24, 2.45) is 34.8 Å². The number of fused-ring (bicyclic) bond motifs is 2. The number of benzene rings is 2. The molecule has 0 bridgehead atoms. The number of carbonyl (C=O) groups is 2. The van der Waals surface area contributed by atoms with E-state index in [0.717, 1.165) is 113 Å². The Bertz CT molecular complexity index is 2740. The molecule has 4 fully saturated rings. The molecule has 73 heavy (non-hydrogen) atoms. The predicted octanol–water partition coefficient (Wildman–Crippen LogP) is 8.73. The third-order valence-electron chi connectivity index (χ3n) is 16.8. The fraction of sp³-hybridized carbons (Fsp3) is 0.582. The van der Waals surface area contributed by atoms with E-state index in [1.54, 1.807) is 61.4 Å². The number of anilines is 2. The minimum atomic E-state index is -2.65. The van der Waals surface area contributed by atoms with Gasteiger partial charge in [-0.3, -0.25) is 19.3 Å². The monoisotopic (exact) mass is 1020 g/mol. The zero-order chi connectivity index (χ0) is 51.3. The zero-order valence-electron chi connectivity index (χ0n) is 43.0. The third-order valence-corrected chi connectivity index (χ3v) is 17.2. The van der Waals surface area contributed by atoms with Crippen LogP contribution in [0.4, 0.5) is 20.3 Å². The minimum absolute atomic E-state index is 0.000425. The Hall–Kier alpha value is -5.86. The van der Waals surface area contributed by atoms with E-state index in [-0.39, 0.29) is 58.4 Å². The first-order valence-electron chi connectivity index (χ1n) is 26.3. The van der Waals surface area contributed by atoms with Crippen molar-refractivity contribution in [2.45, 2.75) is 123 Å². The van der Waals surface area contributed by atoms with Gasteiger partial charge < -0.3 is 29.7 Å². The Morgan fingerprint density at radius 1 is 0.945 bits per heavy atom. The summed E-state index contributed by atoms with van der Waals surface area (Å²) >= 11 is 6.20. The quantitative estimate of drug-likeness (QED) is 0.162. The van der Waals surface area contributed by atoms with Crippen LogP contribution in [-0.4, -0.2) is 129 Å². The van der Waals surface area contributed by atoms with E-state index in [0.29, 0.717) is 58.7 Å². The molecule has 4 aromatic rings. The number of aryl methyl sites for hydroxylation is 2. The molecule has 2 unspecified atom stereocenters. The van der Waals surface area contributed by atoms with Crippen LogP contribution in [0.2, 0.25) is 5.02 Å². The molecule has 1 N–H and O–H groups in total. The van der Waals surface area contributed by atoms with Crippen molar-refractivity contribution in [2.75, 3.05) is 62.2 Å². The van der Waals surface area contributed by atoms with E-state index >= 15 is 0 Å². The summed E-state index contributed by atoms with van der Waals surface area (Å²) in [5, 5.41) is 33.9. The lowest BCUT2D eigenvalue weighted by atomic mass is 9.61. The number of nitrogens with one attached hydrogen (secondary N) is 1. The molecule has 388 valence electrons. The number of hydrazone groups is 1. The maximum Gasteiger partial charge on any atom is 0.272 e. The Balaban J connectivity index is 0.759. The van der Waals surface area contributed by atoms with Crippen LogP contribution < -0.4 is 19.9 Å². The highest BCUT2D eigenvalue weighted by atomic mass is 35.5. The highest BCUT2D eigenvalue weighted by Gasteiger charge is 2.50. The first-order valence-corrected chi connectivity index (χ1v) is 26.6. The second-order valence-corrected chi connectivity index (χ2v) is 23.2. The summed E-state index contributed by atoms with van der Waals surface area (Å²) in [6, 6.07) is 14.9. The molecule has 5 aliphatic heterocycles. The second-order valence-electron chi connectivity index (χ2n) is 22.8. The van der Waals surface area contributed by atoms with Crippen molar-refractivity contribution >= 4 is 40.8 Å². The number of hydrogen-bond donors (Lipinski definition) is 1. The van der Waals surface area contributed by atoms with Gasteiger partial charge in [0.05, 0.1) is 34.8 Å². The number of alkyl halides is 2. The molecular formula is C55H69ClF2N12O3. The first-order chi connectivity index (χ1) is 34.9. The van der Waals surface area contributed by atoms with Gasteiger partial charge in [-0.1, -0.05) is 39.3 Å². The zero-order valence-corrected chi connectivity index (χ0v) is 43.8. The van der Waals surface area contributed by atoms with Crippen LogP contribution in [0.5, 0.6) is 5.75 Å². The summed E-state index contributed by atoms with van der Waals surface area (Å²) in [5.74, 6) is 2.53. The van der Waals surface area contributed by atoms with Crippen molar-refractivity contribution in [3.8, 4) is 22.9 Å². The van der Waals surface area contributed by atoms with Crippen molar-refractivity contribution in [1.29, 1.82) is 5.26 Å². The van der Waals surface area contributed by atoms with Crippen LogP contribution in [0.3, 0.4) is 0 Å². The van der Waals surface area contributed by atoms with Crippen LogP contribution in [0.25, 0.3) is 11.1 Å². The van der Waals surface area contributed by atoms with Crippen molar-refractivity contribution in [3.63, 3.8) is 0 Å². The smallest absolute Gasteiger partial charge is 0.272 e. The maximum absolute atomic E-state index is 14.9. The van der Waals surface area contributed by atoms with Crippen LogP contribution in [0.15, 0.2) is 60.0 Å². The molecule has 0 radical (unpaired) electrons. The third kappa shape index (κ3) is 10.5. The number of hydrogen-bond acceptors (Lipinski definition) is 12. The topological polar surface area (TPSA) is 151 Å². The number of rotatable bonds is 10. The van der Waals surface area contributed by atoms with Gasteiger partial charge >= 0.3 is 0 Å². The lowest BCUT2D eigenvalue weighted by molar-refractivity contribution is -0.131. The molecule has 6 aliphatic rings. The number of piperidine rings is 3. The fourth-order valence-electron chi connectivity index (χ4n) is 13.2. The number of carbonyl (C=O) groups excluding carboxylic acids is 2. The summed E-state index contributed by atoms with van der Waals surface area (Å²) in [6.07, 6.45) is 8.35. The van der Waals surface area contributed by atoms with E-state index < -0.39 is 6.43 Å². The minimum Gasteiger partial charge on any atom is -0.490 e. The Labute approximate surface area is 432 Å². The van der Waals surface area contributed by atoms with Gasteiger partial charge in [0.25, 0.3) is 12.3 Å². The molecule has 15 nitrogen and oxygen atoms in total. The lowest BCUT2D eigenvalue weighted by Gasteiger charge is -2.55. The van der Waals surface area contributed by atoms with Crippen molar-refractivity contribution in [1.82, 2.24) is 40.1 Å². The molecule has 2 atom stereocenters. The SMILES string of the molecule is CC(=O)N1CCC2C(C1)C(N1CCCc3cc(-c4cnn(C)c4)c(C(F)F)cc31)=NN2C1CCN(CC2C(C)(C)CN(c3ccc(C(=O)NC4CCC(Oc5ccc(C#N)c(Cl)c5)CC4)nn3)CC2(C)C)CC1. The number of amides is 2. The molecule has 1 aliphatic carbocycles. The van der Waals surface area contributed by atoms with E-state index in [1.807, 2.05) is 17.0 Å². The van der Waals surface area contributed by atoms with Gasteiger partial charge in [0, 0.05) is 107 Å². The van der Waals surface area contributed by atoms with Gasteiger partial charge in [-0.15, -0.1) is 10.2 Å². The van der Waals surface area contributed by atoms with Crippen molar-refractivity contribution < 1.29 is 23.1 Å². The van der Waals surface area contributed by atoms with Gasteiger partial charge in [0.1, 0.15) is 17.7 Å². The number of nitrogens with zero attached hydrogens (tertiary/aromatic N) is 11. The molecule has 2 aromatic heterocycles. The largest absolute Gasteiger partial charge is 0.490 e. The average Bonchev–Trinajstić information content (AvgIpc) is 3.98. The number of aromatic nitrogens is 4. The molecular weight excluding hydrogens is 950 g/mol. The van der Waals surface area contributed by atoms with Gasteiger partial charge in [0.2, 0.25) is 5.91 Å². The average molecular weight is 1020 g/mol. The van der Waals surface area contributed by atoms with Gasteiger partial charge in [-0.05, 0) is 122 Å². The highest BCUT2D eigenvalue weighted by Crippen LogP contribution is 2.48. The molecule has 0 spiro atoms. The standard InChI is InChI=1S/C55H69ClF2N12O3/c1-34(71)67-23-19-47-44(30-67)52(69-20-7-8-35-24-42(37-28-60-65(6)29-37)43(51(57)58)26-48(35)69)64-70(47)39-17-21-66(22-18-39)31-49-54(2,3)32-68(33-55(49,4)5)50-16-15-46(62-63-50)53(72)61-38-10-13-40(14-11-38)73-41-12-9-36(27-59)45(56)25-41/h9,12,15-16,24-26,28-29,38-40,44,47,49,51H,7-8,10-11,13-14,17-23,30-33H2,1-6H3,(H,61,72). The van der Waals surface area contributed by atoms with Gasteiger partial charge in [0.15, 0.2) is 11.5 Å². The lowest BCUT2D eigenvalue weighted by Crippen LogP contribution is -2.59. The van der Waals surface area contributed by atoms with E-state index in [2.05, 4.69) is 74.1 Å². The number of halogens is 3. The molecule has 7 heterocycles. The first kappa shape index (κ1) is 50.7. The normalized spacial score (nSPS) is 24.5.